The summed E-state index contributed by atoms with van der Waals surface area (Å²) in [4.78, 5) is 2.34. The zero-order chi connectivity index (χ0) is 11.5. The van der Waals surface area contributed by atoms with Gasteiger partial charge in [0.1, 0.15) is 5.82 Å². The fourth-order valence-electron chi connectivity index (χ4n) is 2.33. The molecule has 0 saturated carbocycles. The van der Waals surface area contributed by atoms with Crippen molar-refractivity contribution in [3.63, 3.8) is 0 Å². The normalized spacial score (nSPS) is 18.9. The van der Waals surface area contributed by atoms with E-state index in [0.717, 1.165) is 30.8 Å². The summed E-state index contributed by atoms with van der Waals surface area (Å²) in [6.07, 6.45) is 3.29. The molecule has 88 valence electrons. The Morgan fingerprint density at radius 2 is 2.06 bits per heavy atom. The van der Waals surface area contributed by atoms with E-state index in [4.69, 9.17) is 5.73 Å². The maximum Gasteiger partial charge on any atom is 0.123 e. The lowest BCUT2D eigenvalue weighted by Gasteiger charge is -2.29. The van der Waals surface area contributed by atoms with Gasteiger partial charge in [-0.2, -0.15) is 0 Å². The quantitative estimate of drug-likeness (QED) is 0.778. The largest absolute Gasteiger partial charge is 0.399 e. The summed E-state index contributed by atoms with van der Waals surface area (Å²) in [5.74, 6) is 0.470. The molecule has 0 bridgehead atoms. The van der Waals surface area contributed by atoms with Gasteiger partial charge in [-0.25, -0.2) is 4.39 Å². The maximum atomic E-state index is 13.1. The molecule has 1 aromatic carbocycles. The molecule has 0 amide bonds. The van der Waals surface area contributed by atoms with Crippen molar-refractivity contribution in [2.75, 3.05) is 25.9 Å². The second kappa shape index (κ2) is 4.83. The Morgan fingerprint density at radius 3 is 2.75 bits per heavy atom. The summed E-state index contributed by atoms with van der Waals surface area (Å²) in [5.41, 5.74) is 7.55. The molecule has 1 aliphatic rings. The number of nitrogens with two attached hydrogens (primary N) is 1. The summed E-state index contributed by atoms with van der Waals surface area (Å²) in [7, 11) is 2.15. The summed E-state index contributed by atoms with van der Waals surface area (Å²) in [5, 5.41) is 0. The van der Waals surface area contributed by atoms with Gasteiger partial charge in [-0.1, -0.05) is 0 Å². The van der Waals surface area contributed by atoms with Crippen molar-refractivity contribution < 1.29 is 4.39 Å². The van der Waals surface area contributed by atoms with Crippen molar-refractivity contribution in [3.8, 4) is 0 Å². The van der Waals surface area contributed by atoms with Gasteiger partial charge >= 0.3 is 0 Å². The minimum Gasteiger partial charge on any atom is -0.399 e. The molecule has 0 radical (unpaired) electrons. The predicted molar refractivity (Wildman–Crippen MR) is 64.7 cm³/mol. The zero-order valence-electron chi connectivity index (χ0n) is 9.75. The van der Waals surface area contributed by atoms with Crippen molar-refractivity contribution >= 4 is 5.69 Å². The minimum atomic E-state index is -0.183. The van der Waals surface area contributed by atoms with E-state index in [1.54, 1.807) is 12.1 Å². The van der Waals surface area contributed by atoms with E-state index >= 15 is 0 Å². The van der Waals surface area contributed by atoms with Crippen LogP contribution in [0.5, 0.6) is 0 Å². The Labute approximate surface area is 96.2 Å². The van der Waals surface area contributed by atoms with E-state index in [0.29, 0.717) is 5.92 Å². The SMILES string of the molecule is CN1CCC(Cc2cc(F)ccc2N)CC1. The molecule has 2 N–H and O–H groups in total. The van der Waals surface area contributed by atoms with Crippen LogP contribution in [0, 0.1) is 11.7 Å². The third-order valence-electron chi connectivity index (χ3n) is 3.45. The Hall–Kier alpha value is -1.09. The molecule has 1 aliphatic heterocycles. The van der Waals surface area contributed by atoms with Crippen molar-refractivity contribution in [1.29, 1.82) is 0 Å². The average Bonchev–Trinajstić information content (AvgIpc) is 2.27. The number of rotatable bonds is 2. The first-order valence-corrected chi connectivity index (χ1v) is 5.87. The molecule has 0 aliphatic carbocycles. The summed E-state index contributed by atoms with van der Waals surface area (Å²) < 4.78 is 13.1. The van der Waals surface area contributed by atoms with Gasteiger partial charge < -0.3 is 10.6 Å². The van der Waals surface area contributed by atoms with Crippen LogP contribution >= 0.6 is 0 Å². The molecular formula is C13H19FN2. The van der Waals surface area contributed by atoms with Gasteiger partial charge in [0.05, 0.1) is 0 Å². The van der Waals surface area contributed by atoms with Crippen LogP contribution in [-0.4, -0.2) is 25.0 Å². The highest BCUT2D eigenvalue weighted by Gasteiger charge is 2.17. The smallest absolute Gasteiger partial charge is 0.123 e. The van der Waals surface area contributed by atoms with E-state index in [1.165, 1.54) is 18.9 Å². The average molecular weight is 222 g/mol. The molecule has 1 fully saturated rings. The lowest BCUT2D eigenvalue weighted by molar-refractivity contribution is 0.219. The van der Waals surface area contributed by atoms with Crippen LogP contribution in [0.2, 0.25) is 0 Å². The lowest BCUT2D eigenvalue weighted by atomic mass is 9.90. The summed E-state index contributed by atoms with van der Waals surface area (Å²) in [6.45, 7) is 2.28. The number of nitrogen functional groups attached to an aromatic ring is 1. The van der Waals surface area contributed by atoms with Crippen LogP contribution in [0.3, 0.4) is 0 Å². The molecule has 2 rings (SSSR count). The summed E-state index contributed by atoms with van der Waals surface area (Å²) >= 11 is 0. The highest BCUT2D eigenvalue weighted by Crippen LogP contribution is 2.24. The highest BCUT2D eigenvalue weighted by molar-refractivity contribution is 5.46. The predicted octanol–water partition coefficient (Wildman–Crippen LogP) is 2.29. The highest BCUT2D eigenvalue weighted by atomic mass is 19.1. The summed E-state index contributed by atoms with van der Waals surface area (Å²) in [6, 6.07) is 4.67. The van der Waals surface area contributed by atoms with Gasteiger partial charge in [0.15, 0.2) is 0 Å². The minimum absolute atomic E-state index is 0.183. The molecule has 16 heavy (non-hydrogen) atoms. The fraction of sp³-hybridized carbons (Fsp3) is 0.538. The van der Waals surface area contributed by atoms with Gasteiger partial charge in [0.25, 0.3) is 0 Å². The Balaban J connectivity index is 2.00. The molecule has 1 aromatic rings. The van der Waals surface area contributed by atoms with Crippen molar-refractivity contribution in [2.24, 2.45) is 5.92 Å². The van der Waals surface area contributed by atoms with E-state index < -0.39 is 0 Å². The standard InChI is InChI=1S/C13H19FN2/c1-16-6-4-10(5-7-16)8-11-9-12(14)2-3-13(11)15/h2-3,9-10H,4-8,15H2,1H3. The molecule has 0 atom stereocenters. The van der Waals surface area contributed by atoms with Crippen molar-refractivity contribution in [3.05, 3.63) is 29.6 Å². The van der Waals surface area contributed by atoms with Gasteiger partial charge in [0, 0.05) is 5.69 Å². The van der Waals surface area contributed by atoms with Gasteiger partial charge in [0.2, 0.25) is 0 Å². The number of hydrogen-bond donors (Lipinski definition) is 1. The van der Waals surface area contributed by atoms with Crippen LogP contribution in [-0.2, 0) is 6.42 Å². The van der Waals surface area contributed by atoms with Crippen molar-refractivity contribution in [2.45, 2.75) is 19.3 Å². The van der Waals surface area contributed by atoms with Gasteiger partial charge in [-0.05, 0) is 69.1 Å². The first kappa shape index (κ1) is 11.4. The van der Waals surface area contributed by atoms with E-state index in [9.17, 15) is 4.39 Å². The van der Waals surface area contributed by atoms with Gasteiger partial charge in [-0.15, -0.1) is 0 Å². The van der Waals surface area contributed by atoms with E-state index in [2.05, 4.69) is 11.9 Å². The van der Waals surface area contributed by atoms with Crippen molar-refractivity contribution in [1.82, 2.24) is 4.90 Å². The monoisotopic (exact) mass is 222 g/mol. The van der Waals surface area contributed by atoms with Gasteiger partial charge in [-0.3, -0.25) is 0 Å². The molecule has 3 heteroatoms. The Bertz CT molecular complexity index is 357. The number of anilines is 1. The van der Waals surface area contributed by atoms with E-state index in [-0.39, 0.29) is 5.82 Å². The topological polar surface area (TPSA) is 29.3 Å². The lowest BCUT2D eigenvalue weighted by Crippen LogP contribution is -2.31. The molecule has 2 nitrogen and oxygen atoms in total. The third-order valence-corrected chi connectivity index (χ3v) is 3.45. The maximum absolute atomic E-state index is 13.1. The molecular weight excluding hydrogens is 203 g/mol. The van der Waals surface area contributed by atoms with Crippen LogP contribution < -0.4 is 5.73 Å². The van der Waals surface area contributed by atoms with Crippen LogP contribution in [0.25, 0.3) is 0 Å². The van der Waals surface area contributed by atoms with Crippen LogP contribution in [0.1, 0.15) is 18.4 Å². The first-order valence-electron chi connectivity index (χ1n) is 5.87. The van der Waals surface area contributed by atoms with E-state index in [1.807, 2.05) is 0 Å². The third kappa shape index (κ3) is 2.73. The number of halogens is 1. The Morgan fingerprint density at radius 1 is 1.38 bits per heavy atom. The number of likely N-dealkylation sites (tertiary alicyclic amines) is 1. The number of nitrogens with zero attached hydrogens (tertiary/aromatic N) is 1. The second-order valence-electron chi connectivity index (χ2n) is 4.79. The zero-order valence-corrected chi connectivity index (χ0v) is 9.75. The molecule has 0 aromatic heterocycles. The molecule has 0 spiro atoms. The first-order chi connectivity index (χ1) is 7.65. The molecule has 0 unspecified atom stereocenters. The number of hydrogen-bond acceptors (Lipinski definition) is 2. The number of benzene rings is 1. The molecule has 1 saturated heterocycles. The van der Waals surface area contributed by atoms with Crippen LogP contribution in [0.4, 0.5) is 10.1 Å². The fourth-order valence-corrected chi connectivity index (χ4v) is 2.33. The number of piperidine rings is 1. The second-order valence-corrected chi connectivity index (χ2v) is 4.79. The Kier molecular flexibility index (Phi) is 3.44. The van der Waals surface area contributed by atoms with Crippen LogP contribution in [0.15, 0.2) is 18.2 Å². The molecule has 1 heterocycles.